The van der Waals surface area contributed by atoms with Crippen LogP contribution < -0.4 is 10.1 Å². The highest BCUT2D eigenvalue weighted by Crippen LogP contribution is 2.22. The molecule has 1 rings (SSSR count). The molecule has 0 aliphatic rings. The largest absolute Gasteiger partial charge is 0.490 e. The first kappa shape index (κ1) is 16.4. The summed E-state index contributed by atoms with van der Waals surface area (Å²) in [5, 5.41) is 3.40. The molecule has 0 spiro atoms. The van der Waals surface area contributed by atoms with Crippen LogP contribution in [0.25, 0.3) is 0 Å². The van der Waals surface area contributed by atoms with Crippen molar-refractivity contribution in [1.29, 1.82) is 0 Å². The van der Waals surface area contributed by atoms with Crippen molar-refractivity contribution in [3.63, 3.8) is 0 Å². The van der Waals surface area contributed by atoms with Gasteiger partial charge in [-0.05, 0) is 56.5 Å². The Morgan fingerprint density at radius 3 is 2.79 bits per heavy atom. The van der Waals surface area contributed by atoms with Crippen LogP contribution in [0.15, 0.2) is 22.7 Å². The molecule has 19 heavy (non-hydrogen) atoms. The molecule has 0 aromatic heterocycles. The molecule has 0 unspecified atom stereocenters. The summed E-state index contributed by atoms with van der Waals surface area (Å²) in [5.41, 5.74) is 0. The zero-order valence-corrected chi connectivity index (χ0v) is 13.3. The third-order valence-electron chi connectivity index (χ3n) is 2.70. The number of nitrogens with one attached hydrogen (secondary N) is 1. The van der Waals surface area contributed by atoms with Crippen molar-refractivity contribution in [3.05, 3.63) is 28.5 Å². The van der Waals surface area contributed by atoms with Gasteiger partial charge in [0.25, 0.3) is 0 Å². The van der Waals surface area contributed by atoms with E-state index in [4.69, 9.17) is 4.74 Å². The molecule has 0 aliphatic heterocycles. The first-order valence-electron chi connectivity index (χ1n) is 6.88. The smallest absolute Gasteiger partial charge is 0.165 e. The summed E-state index contributed by atoms with van der Waals surface area (Å²) in [5.74, 6) is 0.719. The summed E-state index contributed by atoms with van der Waals surface area (Å²) in [6, 6.07) is 4.75. The maximum atomic E-state index is 13.4. The Hall–Kier alpha value is -0.610. The number of rotatable bonds is 9. The van der Waals surface area contributed by atoms with Crippen molar-refractivity contribution in [2.45, 2.75) is 33.1 Å². The van der Waals surface area contributed by atoms with Gasteiger partial charge in [-0.3, -0.25) is 0 Å². The topological polar surface area (TPSA) is 21.3 Å². The molecule has 1 N–H and O–H groups in total. The monoisotopic (exact) mass is 331 g/mol. The van der Waals surface area contributed by atoms with E-state index in [0.717, 1.165) is 36.8 Å². The average Bonchev–Trinajstić information content (AvgIpc) is 2.36. The number of halogens is 2. The van der Waals surface area contributed by atoms with Crippen molar-refractivity contribution < 1.29 is 9.13 Å². The van der Waals surface area contributed by atoms with E-state index in [0.29, 0.717) is 18.3 Å². The summed E-state index contributed by atoms with van der Waals surface area (Å²) in [6.07, 6.45) is 3.19. The highest BCUT2D eigenvalue weighted by molar-refractivity contribution is 9.10. The van der Waals surface area contributed by atoms with Crippen molar-refractivity contribution in [3.8, 4) is 5.75 Å². The van der Waals surface area contributed by atoms with E-state index in [2.05, 4.69) is 35.1 Å². The first-order valence-corrected chi connectivity index (χ1v) is 7.67. The number of hydrogen-bond donors (Lipinski definition) is 1. The number of unbranched alkanes of at least 4 members (excludes halogenated alkanes) is 2. The first-order chi connectivity index (χ1) is 9.09. The molecule has 0 atom stereocenters. The fourth-order valence-corrected chi connectivity index (χ4v) is 2.03. The quantitative estimate of drug-likeness (QED) is 0.678. The minimum atomic E-state index is -0.304. The van der Waals surface area contributed by atoms with E-state index in [-0.39, 0.29) is 5.82 Å². The van der Waals surface area contributed by atoms with E-state index in [9.17, 15) is 4.39 Å². The van der Waals surface area contributed by atoms with Crippen molar-refractivity contribution in [1.82, 2.24) is 5.32 Å². The minimum absolute atomic E-state index is 0.304. The second kappa shape index (κ2) is 9.32. The Bertz CT molecular complexity index is 371. The molecule has 4 heteroatoms. The van der Waals surface area contributed by atoms with Gasteiger partial charge in [0, 0.05) is 4.47 Å². The summed E-state index contributed by atoms with van der Waals surface area (Å²) >= 11 is 3.30. The average molecular weight is 332 g/mol. The third-order valence-corrected chi connectivity index (χ3v) is 3.19. The van der Waals surface area contributed by atoms with Crippen molar-refractivity contribution >= 4 is 15.9 Å². The Morgan fingerprint density at radius 1 is 1.26 bits per heavy atom. The lowest BCUT2D eigenvalue weighted by Gasteiger charge is -2.09. The van der Waals surface area contributed by atoms with Gasteiger partial charge >= 0.3 is 0 Å². The highest BCUT2D eigenvalue weighted by atomic mass is 79.9. The minimum Gasteiger partial charge on any atom is -0.490 e. The highest BCUT2D eigenvalue weighted by Gasteiger charge is 2.03. The molecule has 0 heterocycles. The molecule has 1 aromatic rings. The van der Waals surface area contributed by atoms with Crippen molar-refractivity contribution in [2.24, 2.45) is 5.92 Å². The Balaban J connectivity index is 2.06. The second-order valence-electron chi connectivity index (χ2n) is 5.08. The maximum absolute atomic E-state index is 13.4. The van der Waals surface area contributed by atoms with Gasteiger partial charge in [0.05, 0.1) is 6.61 Å². The van der Waals surface area contributed by atoms with E-state index >= 15 is 0 Å². The molecule has 0 aliphatic carbocycles. The summed E-state index contributed by atoms with van der Waals surface area (Å²) in [6.45, 7) is 7.08. The zero-order valence-electron chi connectivity index (χ0n) is 11.7. The van der Waals surface area contributed by atoms with E-state index in [1.807, 2.05) is 0 Å². The molecule has 0 radical (unpaired) electrons. The predicted octanol–water partition coefficient (Wildman–Crippen LogP) is 4.38. The number of hydrogen-bond acceptors (Lipinski definition) is 2. The number of benzene rings is 1. The fraction of sp³-hybridized carbons (Fsp3) is 0.600. The molecule has 0 bridgehead atoms. The molecule has 0 fully saturated rings. The van der Waals surface area contributed by atoms with Gasteiger partial charge in [0.1, 0.15) is 0 Å². The Labute approximate surface area is 123 Å². The van der Waals surface area contributed by atoms with Gasteiger partial charge < -0.3 is 10.1 Å². The van der Waals surface area contributed by atoms with E-state index < -0.39 is 0 Å². The van der Waals surface area contributed by atoms with Gasteiger partial charge in [-0.1, -0.05) is 29.8 Å². The SMILES string of the molecule is CC(C)CNCCCCCOc1cc(Br)ccc1F. The third kappa shape index (κ3) is 7.53. The van der Waals surface area contributed by atoms with Crippen LogP contribution in [0.2, 0.25) is 0 Å². The summed E-state index contributed by atoms with van der Waals surface area (Å²) in [4.78, 5) is 0. The molecular formula is C15H23BrFNO. The van der Waals surface area contributed by atoms with Gasteiger partial charge in [-0.2, -0.15) is 0 Å². The van der Waals surface area contributed by atoms with Gasteiger partial charge in [0.15, 0.2) is 11.6 Å². The van der Waals surface area contributed by atoms with Gasteiger partial charge in [0.2, 0.25) is 0 Å². The second-order valence-corrected chi connectivity index (χ2v) is 6.00. The molecule has 0 saturated carbocycles. The molecular weight excluding hydrogens is 309 g/mol. The molecule has 1 aromatic carbocycles. The van der Waals surface area contributed by atoms with Crippen LogP contribution in [0.5, 0.6) is 5.75 Å². The van der Waals surface area contributed by atoms with Crippen LogP contribution >= 0.6 is 15.9 Å². The summed E-state index contributed by atoms with van der Waals surface area (Å²) in [7, 11) is 0. The van der Waals surface area contributed by atoms with Crippen LogP contribution in [-0.2, 0) is 0 Å². The Kier molecular flexibility index (Phi) is 8.07. The van der Waals surface area contributed by atoms with Crippen LogP contribution in [0.3, 0.4) is 0 Å². The van der Waals surface area contributed by atoms with Crippen LogP contribution in [0.1, 0.15) is 33.1 Å². The number of ether oxygens (including phenoxy) is 1. The van der Waals surface area contributed by atoms with Gasteiger partial charge in [-0.25, -0.2) is 4.39 Å². The normalized spacial score (nSPS) is 11.0. The lowest BCUT2D eigenvalue weighted by atomic mass is 10.2. The Morgan fingerprint density at radius 2 is 2.05 bits per heavy atom. The molecule has 108 valence electrons. The van der Waals surface area contributed by atoms with E-state index in [1.165, 1.54) is 6.07 Å². The molecule has 0 saturated heterocycles. The summed E-state index contributed by atoms with van der Waals surface area (Å²) < 4.78 is 19.6. The predicted molar refractivity (Wildman–Crippen MR) is 81.2 cm³/mol. The standard InChI is InChI=1S/C15H23BrFNO/c1-12(2)11-18-8-4-3-5-9-19-15-10-13(16)6-7-14(15)17/h6-7,10,12,18H,3-5,8-9,11H2,1-2H3. The van der Waals surface area contributed by atoms with E-state index in [1.54, 1.807) is 12.1 Å². The van der Waals surface area contributed by atoms with Crippen LogP contribution in [-0.4, -0.2) is 19.7 Å². The molecule has 0 amide bonds. The van der Waals surface area contributed by atoms with Crippen LogP contribution in [0.4, 0.5) is 4.39 Å². The lowest BCUT2D eigenvalue weighted by molar-refractivity contribution is 0.290. The zero-order chi connectivity index (χ0) is 14.1. The van der Waals surface area contributed by atoms with Crippen molar-refractivity contribution in [2.75, 3.05) is 19.7 Å². The fourth-order valence-electron chi connectivity index (χ4n) is 1.69. The molecule has 2 nitrogen and oxygen atoms in total. The maximum Gasteiger partial charge on any atom is 0.165 e. The lowest BCUT2D eigenvalue weighted by Crippen LogP contribution is -2.20. The van der Waals surface area contributed by atoms with Gasteiger partial charge in [-0.15, -0.1) is 0 Å². The van der Waals surface area contributed by atoms with Crippen LogP contribution in [0, 0.1) is 11.7 Å².